The predicted molar refractivity (Wildman–Crippen MR) is 106 cm³/mol. The summed E-state index contributed by atoms with van der Waals surface area (Å²) in [7, 11) is 0. The van der Waals surface area contributed by atoms with E-state index in [9.17, 15) is 14.4 Å². The van der Waals surface area contributed by atoms with E-state index in [2.05, 4.69) is 5.32 Å². The molecule has 1 amide bonds. The van der Waals surface area contributed by atoms with Crippen molar-refractivity contribution in [2.24, 2.45) is 0 Å². The molecule has 3 rings (SSSR count). The summed E-state index contributed by atoms with van der Waals surface area (Å²) < 4.78 is 0. The molecule has 0 spiro atoms. The lowest BCUT2D eigenvalue weighted by Crippen LogP contribution is -2.17. The molecule has 0 fully saturated rings. The molecule has 0 aliphatic carbocycles. The highest BCUT2D eigenvalue weighted by molar-refractivity contribution is 6.30. The maximum Gasteiger partial charge on any atom is 0.256 e. The SMILES string of the molecule is CC(=O)c1cccc(NC(=O)c2ccccc2C(=O)c2ccc(Cl)cc2)c1. The molecule has 0 saturated heterocycles. The van der Waals surface area contributed by atoms with E-state index in [1.54, 1.807) is 72.8 Å². The number of amides is 1. The normalized spacial score (nSPS) is 10.3. The molecule has 4 nitrogen and oxygen atoms in total. The first-order valence-electron chi connectivity index (χ1n) is 8.27. The van der Waals surface area contributed by atoms with Crippen LogP contribution in [0, 0.1) is 0 Å². The second-order valence-corrected chi connectivity index (χ2v) is 6.41. The van der Waals surface area contributed by atoms with E-state index in [0.29, 0.717) is 27.4 Å². The number of hydrogen-bond donors (Lipinski definition) is 1. The fourth-order valence-electron chi connectivity index (χ4n) is 2.65. The maximum atomic E-state index is 12.8. The quantitative estimate of drug-likeness (QED) is 0.634. The third kappa shape index (κ3) is 4.30. The van der Waals surface area contributed by atoms with Crippen molar-refractivity contribution in [3.8, 4) is 0 Å². The van der Waals surface area contributed by atoms with Crippen molar-refractivity contribution in [1.29, 1.82) is 0 Å². The fourth-order valence-corrected chi connectivity index (χ4v) is 2.78. The van der Waals surface area contributed by atoms with Crippen molar-refractivity contribution in [1.82, 2.24) is 0 Å². The number of rotatable bonds is 5. The van der Waals surface area contributed by atoms with Gasteiger partial charge in [0.25, 0.3) is 5.91 Å². The van der Waals surface area contributed by atoms with E-state index in [1.807, 2.05) is 0 Å². The molecule has 0 aromatic heterocycles. The van der Waals surface area contributed by atoms with Crippen molar-refractivity contribution in [3.05, 3.63) is 100 Å². The van der Waals surface area contributed by atoms with Crippen molar-refractivity contribution in [2.75, 3.05) is 5.32 Å². The molecule has 5 heteroatoms. The van der Waals surface area contributed by atoms with Gasteiger partial charge in [-0.15, -0.1) is 0 Å². The number of hydrogen-bond acceptors (Lipinski definition) is 3. The van der Waals surface area contributed by atoms with Crippen LogP contribution in [0.2, 0.25) is 5.02 Å². The predicted octanol–water partition coefficient (Wildman–Crippen LogP) is 5.03. The van der Waals surface area contributed by atoms with Gasteiger partial charge in [0.1, 0.15) is 0 Å². The molecule has 1 N–H and O–H groups in total. The Morgan fingerprint density at radius 2 is 1.44 bits per heavy atom. The van der Waals surface area contributed by atoms with Crippen molar-refractivity contribution in [2.45, 2.75) is 6.92 Å². The van der Waals surface area contributed by atoms with E-state index >= 15 is 0 Å². The highest BCUT2D eigenvalue weighted by Crippen LogP contribution is 2.19. The molecule has 27 heavy (non-hydrogen) atoms. The molecular formula is C22H16ClNO3. The molecule has 134 valence electrons. The first kappa shape index (κ1) is 18.5. The third-order valence-electron chi connectivity index (χ3n) is 4.05. The zero-order valence-electron chi connectivity index (χ0n) is 14.5. The van der Waals surface area contributed by atoms with Gasteiger partial charge in [-0.1, -0.05) is 41.9 Å². The summed E-state index contributed by atoms with van der Waals surface area (Å²) in [5.41, 5.74) is 1.98. The number of benzene rings is 3. The van der Waals surface area contributed by atoms with Gasteiger partial charge in [0.15, 0.2) is 11.6 Å². The van der Waals surface area contributed by atoms with Gasteiger partial charge in [0, 0.05) is 27.4 Å². The van der Waals surface area contributed by atoms with Gasteiger partial charge in [-0.25, -0.2) is 0 Å². The summed E-state index contributed by atoms with van der Waals surface area (Å²) in [5.74, 6) is -0.784. The van der Waals surface area contributed by atoms with E-state index in [4.69, 9.17) is 11.6 Å². The van der Waals surface area contributed by atoms with Crippen LogP contribution in [0.5, 0.6) is 0 Å². The lowest BCUT2D eigenvalue weighted by Gasteiger charge is -2.10. The van der Waals surface area contributed by atoms with Gasteiger partial charge in [-0.05, 0) is 49.4 Å². The molecule has 0 aliphatic heterocycles. The second kappa shape index (κ2) is 7.98. The number of halogens is 1. The second-order valence-electron chi connectivity index (χ2n) is 5.97. The van der Waals surface area contributed by atoms with E-state index < -0.39 is 5.91 Å². The molecule has 0 atom stereocenters. The first-order valence-corrected chi connectivity index (χ1v) is 8.65. The van der Waals surface area contributed by atoms with Crippen LogP contribution in [0.25, 0.3) is 0 Å². The van der Waals surface area contributed by atoms with Crippen LogP contribution in [0.4, 0.5) is 5.69 Å². The number of Topliss-reactive ketones (excluding diaryl/α,β-unsaturated/α-hetero) is 1. The van der Waals surface area contributed by atoms with Crippen LogP contribution < -0.4 is 5.32 Å². The number of ketones is 2. The Labute approximate surface area is 161 Å². The summed E-state index contributed by atoms with van der Waals surface area (Å²) in [6, 6.07) is 19.8. The largest absolute Gasteiger partial charge is 0.322 e. The zero-order valence-corrected chi connectivity index (χ0v) is 15.3. The summed E-state index contributed by atoms with van der Waals surface area (Å²) >= 11 is 5.87. The Bertz CT molecular complexity index is 1030. The minimum atomic E-state index is -0.423. The van der Waals surface area contributed by atoms with Crippen LogP contribution in [-0.2, 0) is 0 Å². The average molecular weight is 378 g/mol. The lowest BCUT2D eigenvalue weighted by molar-refractivity contribution is 0.0996. The van der Waals surface area contributed by atoms with E-state index in [-0.39, 0.29) is 17.1 Å². The molecule has 0 saturated carbocycles. The van der Waals surface area contributed by atoms with Crippen molar-refractivity contribution >= 4 is 34.8 Å². The Kier molecular flexibility index (Phi) is 5.48. The Hall–Kier alpha value is -3.24. The van der Waals surface area contributed by atoms with Gasteiger partial charge >= 0.3 is 0 Å². The lowest BCUT2D eigenvalue weighted by atomic mass is 9.98. The highest BCUT2D eigenvalue weighted by atomic mass is 35.5. The van der Waals surface area contributed by atoms with Crippen LogP contribution in [0.1, 0.15) is 43.6 Å². The van der Waals surface area contributed by atoms with Crippen LogP contribution in [-0.4, -0.2) is 17.5 Å². The van der Waals surface area contributed by atoms with E-state index in [1.165, 1.54) is 6.92 Å². The molecule has 0 heterocycles. The molecule has 0 aliphatic rings. The summed E-state index contributed by atoms with van der Waals surface area (Å²) in [6.45, 7) is 1.46. The summed E-state index contributed by atoms with van der Waals surface area (Å²) in [6.07, 6.45) is 0. The van der Waals surface area contributed by atoms with Crippen LogP contribution in [0.15, 0.2) is 72.8 Å². The van der Waals surface area contributed by atoms with Gasteiger partial charge in [0.2, 0.25) is 0 Å². The molecule has 0 bridgehead atoms. The molecular weight excluding hydrogens is 362 g/mol. The maximum absolute atomic E-state index is 12.8. The minimum Gasteiger partial charge on any atom is -0.322 e. The van der Waals surface area contributed by atoms with Gasteiger partial charge < -0.3 is 5.32 Å². The van der Waals surface area contributed by atoms with Gasteiger partial charge in [-0.2, -0.15) is 0 Å². The topological polar surface area (TPSA) is 63.2 Å². The Morgan fingerprint density at radius 1 is 0.778 bits per heavy atom. The van der Waals surface area contributed by atoms with Crippen molar-refractivity contribution in [3.63, 3.8) is 0 Å². The van der Waals surface area contributed by atoms with Crippen molar-refractivity contribution < 1.29 is 14.4 Å². The first-order chi connectivity index (χ1) is 13.0. The monoisotopic (exact) mass is 377 g/mol. The number of nitrogens with one attached hydrogen (secondary N) is 1. The average Bonchev–Trinajstić information content (AvgIpc) is 2.68. The number of carbonyl (C=O) groups excluding carboxylic acids is 3. The van der Waals surface area contributed by atoms with Gasteiger partial charge in [-0.3, -0.25) is 14.4 Å². The standard InChI is InChI=1S/C22H16ClNO3/c1-14(25)16-5-4-6-18(13-16)24-22(27)20-8-3-2-7-19(20)21(26)15-9-11-17(23)12-10-15/h2-13H,1H3,(H,24,27). The molecule has 0 unspecified atom stereocenters. The summed E-state index contributed by atoms with van der Waals surface area (Å²) in [5, 5.41) is 3.28. The molecule has 3 aromatic rings. The van der Waals surface area contributed by atoms with Gasteiger partial charge in [0.05, 0.1) is 5.56 Å². The Morgan fingerprint density at radius 3 is 2.11 bits per heavy atom. The molecule has 0 radical (unpaired) electrons. The smallest absolute Gasteiger partial charge is 0.256 e. The minimum absolute atomic E-state index is 0.0931. The Balaban J connectivity index is 1.90. The van der Waals surface area contributed by atoms with Crippen LogP contribution in [0.3, 0.4) is 0 Å². The van der Waals surface area contributed by atoms with Crippen LogP contribution >= 0.6 is 11.6 Å². The third-order valence-corrected chi connectivity index (χ3v) is 4.30. The highest BCUT2D eigenvalue weighted by Gasteiger charge is 2.18. The summed E-state index contributed by atoms with van der Waals surface area (Å²) in [4.78, 5) is 37.1. The number of anilines is 1. The number of carbonyl (C=O) groups is 3. The molecule has 3 aromatic carbocycles. The zero-order chi connectivity index (χ0) is 19.4. The van der Waals surface area contributed by atoms with E-state index in [0.717, 1.165) is 0 Å². The fraction of sp³-hybridized carbons (Fsp3) is 0.0455.